The van der Waals surface area contributed by atoms with E-state index in [1.807, 2.05) is 0 Å². The summed E-state index contributed by atoms with van der Waals surface area (Å²) < 4.78 is 18.5. The molecule has 3 heteroatoms. The molecular weight excluding hydrogens is 516 g/mol. The standard InChI is InChI=1S/C39H54O3/c1-2-3-4-5-6-7-8-9-10-11-15-26-40-38-24-22-32(23-25-38)37-29-41-39(42-30-37)33-18-20-34-27-36(28-35(34)21-19-33)31-16-13-12-14-17-31/h18-25,27-28,31,37,39H,2-17,26,29-30H2,1H3. The number of rotatable bonds is 16. The van der Waals surface area contributed by atoms with Gasteiger partial charge in [-0.25, -0.2) is 0 Å². The van der Waals surface area contributed by atoms with Crippen LogP contribution in [0.1, 0.15) is 144 Å². The predicted molar refractivity (Wildman–Crippen MR) is 175 cm³/mol. The van der Waals surface area contributed by atoms with Crippen LogP contribution in [-0.4, -0.2) is 19.8 Å². The van der Waals surface area contributed by atoms with E-state index in [9.17, 15) is 0 Å². The third-order valence-corrected chi connectivity index (χ3v) is 9.50. The van der Waals surface area contributed by atoms with Gasteiger partial charge >= 0.3 is 0 Å². The average molecular weight is 571 g/mol. The Morgan fingerprint density at radius 2 is 1.12 bits per heavy atom. The van der Waals surface area contributed by atoms with E-state index in [-0.39, 0.29) is 12.2 Å². The average Bonchev–Trinajstić information content (AvgIpc) is 3.35. The molecule has 1 saturated carbocycles. The molecule has 1 aromatic rings. The molecule has 1 heterocycles. The van der Waals surface area contributed by atoms with Crippen LogP contribution >= 0.6 is 0 Å². The number of fused-ring (bicyclic) bond motifs is 1. The molecule has 3 nitrogen and oxygen atoms in total. The van der Waals surface area contributed by atoms with Gasteiger partial charge in [0.15, 0.2) is 6.29 Å². The maximum absolute atomic E-state index is 6.22. The van der Waals surface area contributed by atoms with Gasteiger partial charge in [0, 0.05) is 11.5 Å². The molecule has 42 heavy (non-hydrogen) atoms. The minimum atomic E-state index is -0.302. The van der Waals surface area contributed by atoms with Crippen LogP contribution in [0.5, 0.6) is 5.75 Å². The summed E-state index contributed by atoms with van der Waals surface area (Å²) in [5, 5.41) is 0. The van der Waals surface area contributed by atoms with E-state index in [0.717, 1.165) is 30.3 Å². The molecule has 0 N–H and O–H groups in total. The van der Waals surface area contributed by atoms with E-state index >= 15 is 0 Å². The van der Waals surface area contributed by atoms with Crippen molar-refractivity contribution in [2.45, 2.75) is 128 Å². The van der Waals surface area contributed by atoms with E-state index in [1.165, 1.54) is 119 Å². The number of ether oxygens (including phenoxy) is 3. The molecule has 0 radical (unpaired) electrons. The number of hydrogen-bond donors (Lipinski definition) is 0. The summed E-state index contributed by atoms with van der Waals surface area (Å²) in [5.41, 5.74) is 6.51. The Morgan fingerprint density at radius 1 is 0.571 bits per heavy atom. The van der Waals surface area contributed by atoms with Gasteiger partial charge in [-0.2, -0.15) is 0 Å². The zero-order valence-electron chi connectivity index (χ0n) is 26.2. The molecule has 0 unspecified atom stereocenters. The van der Waals surface area contributed by atoms with E-state index in [2.05, 4.69) is 67.6 Å². The predicted octanol–water partition coefficient (Wildman–Crippen LogP) is 11.4. The highest BCUT2D eigenvalue weighted by Crippen LogP contribution is 2.38. The Bertz CT molecular complexity index is 1090. The number of hydrogen-bond acceptors (Lipinski definition) is 3. The first-order valence-corrected chi connectivity index (χ1v) is 17.3. The minimum absolute atomic E-state index is 0.249. The van der Waals surface area contributed by atoms with Gasteiger partial charge in [-0.3, -0.25) is 0 Å². The van der Waals surface area contributed by atoms with Gasteiger partial charge in [0.2, 0.25) is 0 Å². The summed E-state index contributed by atoms with van der Waals surface area (Å²) >= 11 is 0. The van der Waals surface area contributed by atoms with Gasteiger partial charge in [0.05, 0.1) is 19.8 Å². The van der Waals surface area contributed by atoms with Crippen LogP contribution in [-0.2, 0) is 9.47 Å². The van der Waals surface area contributed by atoms with E-state index in [4.69, 9.17) is 14.2 Å². The van der Waals surface area contributed by atoms with Crippen molar-refractivity contribution in [2.75, 3.05) is 19.8 Å². The molecule has 228 valence electrons. The minimum Gasteiger partial charge on any atom is -0.494 e. The van der Waals surface area contributed by atoms with Crippen molar-refractivity contribution in [3.8, 4) is 16.9 Å². The lowest BCUT2D eigenvalue weighted by molar-refractivity contribution is -0.191. The zero-order valence-corrected chi connectivity index (χ0v) is 26.2. The lowest BCUT2D eigenvalue weighted by Crippen LogP contribution is -2.25. The number of benzene rings is 1. The molecule has 0 aromatic heterocycles. The molecule has 1 aromatic carbocycles. The van der Waals surface area contributed by atoms with E-state index in [1.54, 1.807) is 0 Å². The second kappa shape index (κ2) is 17.1. The monoisotopic (exact) mass is 570 g/mol. The van der Waals surface area contributed by atoms with Crippen LogP contribution in [0.4, 0.5) is 0 Å². The highest BCUT2D eigenvalue weighted by Gasteiger charge is 2.25. The van der Waals surface area contributed by atoms with Crippen LogP contribution in [0.2, 0.25) is 0 Å². The normalized spacial score (nSPS) is 19.7. The molecule has 0 spiro atoms. The molecular formula is C39H54O3. The second-order valence-electron chi connectivity index (χ2n) is 12.8. The molecule has 4 aliphatic rings. The van der Waals surface area contributed by atoms with E-state index < -0.39 is 0 Å². The fraction of sp³-hybridized carbons (Fsp3) is 0.590. The van der Waals surface area contributed by atoms with Crippen molar-refractivity contribution in [1.29, 1.82) is 0 Å². The molecule has 5 rings (SSSR count). The summed E-state index contributed by atoms with van der Waals surface area (Å²) in [6.45, 7) is 4.42. The van der Waals surface area contributed by atoms with Crippen molar-refractivity contribution in [3.63, 3.8) is 0 Å². The Hall–Kier alpha value is -2.36. The lowest BCUT2D eigenvalue weighted by Gasteiger charge is -2.29. The van der Waals surface area contributed by atoms with Crippen molar-refractivity contribution >= 4 is 0 Å². The summed E-state index contributed by atoms with van der Waals surface area (Å²) in [6.07, 6.45) is 21.5. The first-order valence-electron chi connectivity index (χ1n) is 17.3. The zero-order chi connectivity index (χ0) is 28.8. The summed E-state index contributed by atoms with van der Waals surface area (Å²) in [5.74, 6) is 1.95. The second-order valence-corrected chi connectivity index (χ2v) is 12.8. The third-order valence-electron chi connectivity index (χ3n) is 9.50. The van der Waals surface area contributed by atoms with Gasteiger partial charge in [0.25, 0.3) is 0 Å². The SMILES string of the molecule is CCCCCCCCCCCCCOc1ccc(C2COC(c3ccc4cc(C5CCCCC5)cc-4cc3)OC2)cc1. The molecule has 0 atom stereocenters. The van der Waals surface area contributed by atoms with Gasteiger partial charge < -0.3 is 14.2 Å². The molecule has 1 aliphatic heterocycles. The Kier molecular flexibility index (Phi) is 12.6. The highest BCUT2D eigenvalue weighted by atomic mass is 16.7. The van der Waals surface area contributed by atoms with Gasteiger partial charge in [-0.1, -0.05) is 139 Å². The quantitative estimate of drug-likeness (QED) is 0.160. The fourth-order valence-electron chi connectivity index (χ4n) is 6.79. The fourth-order valence-corrected chi connectivity index (χ4v) is 6.79. The Morgan fingerprint density at radius 3 is 1.71 bits per heavy atom. The first-order chi connectivity index (χ1) is 20.8. The van der Waals surface area contributed by atoms with Crippen molar-refractivity contribution in [1.82, 2.24) is 0 Å². The smallest absolute Gasteiger partial charge is 0.183 e. The first kappa shape index (κ1) is 31.1. The van der Waals surface area contributed by atoms with Crippen LogP contribution in [0, 0.1) is 0 Å². The van der Waals surface area contributed by atoms with Gasteiger partial charge in [-0.05, 0) is 59.6 Å². The maximum Gasteiger partial charge on any atom is 0.183 e. The topological polar surface area (TPSA) is 27.7 Å². The van der Waals surface area contributed by atoms with Crippen molar-refractivity contribution in [3.05, 3.63) is 77.4 Å². The summed E-state index contributed by atoms with van der Waals surface area (Å²) in [7, 11) is 0. The van der Waals surface area contributed by atoms with Crippen LogP contribution < -0.4 is 4.74 Å². The van der Waals surface area contributed by atoms with Crippen LogP contribution in [0.15, 0.2) is 60.7 Å². The Balaban J connectivity index is 0.988. The molecule has 3 aliphatic carbocycles. The van der Waals surface area contributed by atoms with Crippen LogP contribution in [0.3, 0.4) is 0 Å². The van der Waals surface area contributed by atoms with Gasteiger partial charge in [0.1, 0.15) is 5.75 Å². The molecule has 0 amide bonds. The van der Waals surface area contributed by atoms with Crippen molar-refractivity contribution < 1.29 is 14.2 Å². The molecule has 1 saturated heterocycles. The molecule has 2 fully saturated rings. The van der Waals surface area contributed by atoms with Crippen molar-refractivity contribution in [2.24, 2.45) is 0 Å². The largest absolute Gasteiger partial charge is 0.494 e. The summed E-state index contributed by atoms with van der Waals surface area (Å²) in [6, 6.07) is 22.2. The van der Waals surface area contributed by atoms with Crippen LogP contribution in [0.25, 0.3) is 11.1 Å². The highest BCUT2D eigenvalue weighted by molar-refractivity contribution is 5.69. The Labute approximate surface area is 255 Å². The molecule has 0 bridgehead atoms. The van der Waals surface area contributed by atoms with Gasteiger partial charge in [-0.15, -0.1) is 0 Å². The lowest BCUT2D eigenvalue weighted by atomic mass is 9.85. The summed E-state index contributed by atoms with van der Waals surface area (Å²) in [4.78, 5) is 0. The number of unbranched alkanes of at least 4 members (excludes halogenated alkanes) is 10. The van der Waals surface area contributed by atoms with E-state index in [0.29, 0.717) is 13.2 Å². The third kappa shape index (κ3) is 9.32. The maximum atomic E-state index is 6.22.